The molecule has 4 rings (SSSR count). The van der Waals surface area contributed by atoms with Crippen molar-refractivity contribution in [2.45, 2.75) is 51.9 Å². The maximum atomic E-state index is 13.3. The molecule has 2 aromatic rings. The average Bonchev–Trinajstić information content (AvgIpc) is 2.92. The third kappa shape index (κ3) is 3.03. The van der Waals surface area contributed by atoms with Gasteiger partial charge in [-0.2, -0.15) is 0 Å². The normalized spacial score (nSPS) is 18.5. The van der Waals surface area contributed by atoms with Crippen LogP contribution in [0, 0.1) is 0 Å². The lowest BCUT2D eigenvalue weighted by Gasteiger charge is -2.32. The van der Waals surface area contributed by atoms with Gasteiger partial charge in [0.2, 0.25) is 0 Å². The molecule has 0 fully saturated rings. The third-order valence-corrected chi connectivity index (χ3v) is 7.73. The second kappa shape index (κ2) is 6.88. The van der Waals surface area contributed by atoms with E-state index in [-0.39, 0.29) is 11.7 Å². The van der Waals surface area contributed by atoms with E-state index in [0.29, 0.717) is 6.61 Å². The first kappa shape index (κ1) is 18.4. The molecule has 1 unspecified atom stereocenters. The van der Waals surface area contributed by atoms with Crippen molar-refractivity contribution in [1.82, 2.24) is 0 Å². The number of allylic oxidation sites excluding steroid dienone is 1. The Bertz CT molecular complexity index is 934. The van der Waals surface area contributed by atoms with Gasteiger partial charge in [-0.05, 0) is 39.9 Å². The molecule has 0 aromatic heterocycles. The van der Waals surface area contributed by atoms with Crippen LogP contribution in [0.1, 0.15) is 52.7 Å². The van der Waals surface area contributed by atoms with Gasteiger partial charge >= 0.3 is 0 Å². The lowest BCUT2D eigenvalue weighted by molar-refractivity contribution is 0.101. The lowest BCUT2D eigenvalue weighted by atomic mass is 9.88. The SMILES string of the molecule is CCC/C=C\C1COCc2c1cc1c(c2[Si](C)(C)C)C(=O)c2ccccc2-1. The zero-order valence-electron chi connectivity index (χ0n) is 16.8. The van der Waals surface area contributed by atoms with Gasteiger partial charge in [0, 0.05) is 17.0 Å². The molecule has 140 valence electrons. The van der Waals surface area contributed by atoms with Crippen molar-refractivity contribution in [1.29, 1.82) is 0 Å². The number of fused-ring (bicyclic) bond motifs is 4. The van der Waals surface area contributed by atoms with Crippen molar-refractivity contribution >= 4 is 19.0 Å². The van der Waals surface area contributed by atoms with E-state index in [2.05, 4.69) is 50.8 Å². The highest BCUT2D eigenvalue weighted by Gasteiger charge is 2.38. The Morgan fingerprint density at radius 2 is 1.89 bits per heavy atom. The summed E-state index contributed by atoms with van der Waals surface area (Å²) in [4.78, 5) is 13.3. The summed E-state index contributed by atoms with van der Waals surface area (Å²) in [5, 5.41) is 1.31. The molecule has 0 amide bonds. The fourth-order valence-electron chi connectivity index (χ4n) is 4.52. The standard InChI is InChI=1S/C24H28O2Si/c1-5-6-7-10-16-14-26-15-21-19(16)13-20-17-11-8-9-12-18(17)23(25)22(20)24(21)27(2,3)4/h7-13,16H,5-6,14-15H2,1-4H3/b10-7-. The van der Waals surface area contributed by atoms with Crippen molar-refractivity contribution in [3.63, 3.8) is 0 Å². The van der Waals surface area contributed by atoms with Crippen LogP contribution in [-0.2, 0) is 11.3 Å². The summed E-state index contributed by atoms with van der Waals surface area (Å²) in [5.74, 6) is 0.480. The van der Waals surface area contributed by atoms with E-state index >= 15 is 0 Å². The molecule has 1 heterocycles. The Hall–Kier alpha value is -1.97. The highest BCUT2D eigenvalue weighted by atomic mass is 28.3. The number of carbonyl (C=O) groups is 1. The molecule has 3 heteroatoms. The van der Waals surface area contributed by atoms with Crippen molar-refractivity contribution < 1.29 is 9.53 Å². The molecule has 0 bridgehead atoms. The largest absolute Gasteiger partial charge is 0.376 e. The van der Waals surface area contributed by atoms with E-state index in [1.807, 2.05) is 18.2 Å². The van der Waals surface area contributed by atoms with E-state index < -0.39 is 8.07 Å². The van der Waals surface area contributed by atoms with E-state index in [1.54, 1.807) is 0 Å². The lowest BCUT2D eigenvalue weighted by Crippen LogP contribution is -2.45. The summed E-state index contributed by atoms with van der Waals surface area (Å²) in [7, 11) is -1.74. The van der Waals surface area contributed by atoms with Crippen LogP contribution >= 0.6 is 0 Å². The van der Waals surface area contributed by atoms with E-state index in [1.165, 1.54) is 16.3 Å². The van der Waals surface area contributed by atoms with Gasteiger partial charge in [0.1, 0.15) is 0 Å². The number of ketones is 1. The molecular formula is C24H28O2Si. The van der Waals surface area contributed by atoms with Gasteiger partial charge in [-0.25, -0.2) is 0 Å². The molecule has 1 aliphatic heterocycles. The fraction of sp³-hybridized carbons (Fsp3) is 0.375. The number of unbranched alkanes of at least 4 members (excludes halogenated alkanes) is 1. The second-order valence-electron chi connectivity index (χ2n) is 8.71. The third-order valence-electron chi connectivity index (χ3n) is 5.68. The maximum Gasteiger partial charge on any atom is 0.194 e. The Morgan fingerprint density at radius 1 is 1.15 bits per heavy atom. The Balaban J connectivity index is 1.98. The van der Waals surface area contributed by atoms with Gasteiger partial charge in [-0.1, -0.05) is 69.4 Å². The zero-order chi connectivity index (χ0) is 19.2. The fourth-order valence-corrected chi connectivity index (χ4v) is 6.64. The minimum Gasteiger partial charge on any atom is -0.376 e. The summed E-state index contributed by atoms with van der Waals surface area (Å²) in [6.07, 6.45) is 6.84. The first-order valence-corrected chi connectivity index (χ1v) is 13.5. The van der Waals surface area contributed by atoms with Gasteiger partial charge in [0.25, 0.3) is 0 Å². The highest BCUT2D eigenvalue weighted by molar-refractivity contribution is 6.90. The van der Waals surface area contributed by atoms with Gasteiger partial charge in [-0.15, -0.1) is 0 Å². The molecule has 1 atom stereocenters. The number of ether oxygens (including phenoxy) is 1. The van der Waals surface area contributed by atoms with Crippen molar-refractivity contribution in [2.75, 3.05) is 6.61 Å². The zero-order valence-corrected chi connectivity index (χ0v) is 17.8. The number of benzene rings is 2. The van der Waals surface area contributed by atoms with Gasteiger partial charge in [-0.3, -0.25) is 4.79 Å². The second-order valence-corrected chi connectivity index (χ2v) is 13.7. The molecule has 0 spiro atoms. The van der Waals surface area contributed by atoms with Crippen LogP contribution in [0.3, 0.4) is 0 Å². The van der Waals surface area contributed by atoms with Gasteiger partial charge < -0.3 is 4.74 Å². The first-order chi connectivity index (χ1) is 12.9. The molecule has 2 nitrogen and oxygen atoms in total. The van der Waals surface area contributed by atoms with Crippen LogP contribution in [0.25, 0.3) is 11.1 Å². The molecule has 0 N–H and O–H groups in total. The topological polar surface area (TPSA) is 26.3 Å². The summed E-state index contributed by atoms with van der Waals surface area (Å²) < 4.78 is 6.01. The predicted molar refractivity (Wildman–Crippen MR) is 115 cm³/mol. The smallest absolute Gasteiger partial charge is 0.194 e. The molecule has 2 aromatic carbocycles. The number of rotatable bonds is 4. The molecule has 0 saturated heterocycles. The molecular weight excluding hydrogens is 348 g/mol. The summed E-state index contributed by atoms with van der Waals surface area (Å²) in [6.45, 7) is 10.6. The summed E-state index contributed by atoms with van der Waals surface area (Å²) in [5.41, 5.74) is 6.70. The molecule has 0 radical (unpaired) electrons. The van der Waals surface area contributed by atoms with E-state index in [9.17, 15) is 4.79 Å². The average molecular weight is 377 g/mol. The van der Waals surface area contributed by atoms with Crippen molar-refractivity contribution in [3.8, 4) is 11.1 Å². The number of carbonyl (C=O) groups excluding carboxylic acids is 1. The quantitative estimate of drug-likeness (QED) is 0.449. The van der Waals surface area contributed by atoms with Crippen LogP contribution in [-0.4, -0.2) is 20.5 Å². The van der Waals surface area contributed by atoms with Crippen LogP contribution in [0.4, 0.5) is 0 Å². The Labute approximate surface area is 163 Å². The van der Waals surface area contributed by atoms with Crippen LogP contribution in [0.5, 0.6) is 0 Å². The first-order valence-electron chi connectivity index (χ1n) is 10.0. The van der Waals surface area contributed by atoms with Gasteiger partial charge in [0.05, 0.1) is 21.3 Å². The monoisotopic (exact) mass is 376 g/mol. The summed E-state index contributed by atoms with van der Waals surface area (Å²) >= 11 is 0. The van der Waals surface area contributed by atoms with Crippen LogP contribution < -0.4 is 5.19 Å². The van der Waals surface area contributed by atoms with Gasteiger partial charge in [0.15, 0.2) is 5.78 Å². The molecule has 27 heavy (non-hydrogen) atoms. The van der Waals surface area contributed by atoms with Crippen molar-refractivity contribution in [2.24, 2.45) is 0 Å². The number of hydrogen-bond acceptors (Lipinski definition) is 2. The molecule has 0 saturated carbocycles. The predicted octanol–water partition coefficient (Wildman–Crippen LogP) is 5.41. The highest BCUT2D eigenvalue weighted by Crippen LogP contribution is 2.41. The molecule has 2 aliphatic rings. The minimum atomic E-state index is -1.74. The summed E-state index contributed by atoms with van der Waals surface area (Å²) in [6, 6.07) is 10.4. The molecule has 1 aliphatic carbocycles. The number of hydrogen-bond donors (Lipinski definition) is 0. The Kier molecular flexibility index (Phi) is 4.69. The minimum absolute atomic E-state index is 0.199. The van der Waals surface area contributed by atoms with Crippen molar-refractivity contribution in [3.05, 3.63) is 64.7 Å². The van der Waals surface area contributed by atoms with Crippen LogP contribution in [0.2, 0.25) is 19.6 Å². The maximum absolute atomic E-state index is 13.3. The van der Waals surface area contributed by atoms with Crippen LogP contribution in [0.15, 0.2) is 42.5 Å². The Morgan fingerprint density at radius 3 is 2.59 bits per heavy atom. The van der Waals surface area contributed by atoms with E-state index in [4.69, 9.17) is 4.74 Å². The van der Waals surface area contributed by atoms with E-state index in [0.717, 1.165) is 41.7 Å².